The summed E-state index contributed by atoms with van der Waals surface area (Å²) in [6.45, 7) is 2.24. The van der Waals surface area contributed by atoms with Gasteiger partial charge in [-0.1, -0.05) is 0 Å². The molecule has 32 heavy (non-hydrogen) atoms. The number of nitrogens with one attached hydrogen (secondary N) is 1. The first-order valence-electron chi connectivity index (χ1n) is 10.5. The number of carbonyl (C=O) groups excluding carboxylic acids is 1. The van der Waals surface area contributed by atoms with Crippen LogP contribution in [0.3, 0.4) is 0 Å². The Morgan fingerprint density at radius 1 is 1.22 bits per heavy atom. The van der Waals surface area contributed by atoms with E-state index in [4.69, 9.17) is 14.2 Å². The summed E-state index contributed by atoms with van der Waals surface area (Å²) >= 11 is 0. The summed E-state index contributed by atoms with van der Waals surface area (Å²) in [4.78, 5) is 18.8. The molecule has 1 aliphatic heterocycles. The number of amides is 1. The van der Waals surface area contributed by atoms with E-state index in [0.717, 1.165) is 37.3 Å². The molecule has 168 valence electrons. The molecule has 0 bridgehead atoms. The van der Waals surface area contributed by atoms with Crippen molar-refractivity contribution in [3.05, 3.63) is 47.7 Å². The minimum atomic E-state index is -0.155. The minimum absolute atomic E-state index is 0.155. The highest BCUT2D eigenvalue weighted by Crippen LogP contribution is 2.38. The number of nitriles is 1. The highest BCUT2D eigenvalue weighted by atomic mass is 16.5. The molecule has 1 fully saturated rings. The van der Waals surface area contributed by atoms with Crippen LogP contribution in [0, 0.1) is 17.2 Å². The lowest BCUT2D eigenvalue weighted by atomic mass is 9.96. The number of nitrogens with zero attached hydrogens (tertiary/aromatic N) is 3. The van der Waals surface area contributed by atoms with Crippen molar-refractivity contribution in [2.75, 3.05) is 45.9 Å². The van der Waals surface area contributed by atoms with Crippen molar-refractivity contribution in [1.82, 2.24) is 10.3 Å². The molecule has 2 aromatic rings. The topological polar surface area (TPSA) is 96.7 Å². The molecule has 0 aliphatic carbocycles. The summed E-state index contributed by atoms with van der Waals surface area (Å²) in [5, 5.41) is 12.3. The molecule has 0 unspecified atom stereocenters. The maximum atomic E-state index is 12.3. The van der Waals surface area contributed by atoms with Crippen molar-refractivity contribution >= 4 is 17.8 Å². The molecule has 1 aromatic carbocycles. The largest absolute Gasteiger partial charge is 0.493 e. The van der Waals surface area contributed by atoms with E-state index in [-0.39, 0.29) is 5.91 Å². The Morgan fingerprint density at radius 2 is 1.91 bits per heavy atom. The van der Waals surface area contributed by atoms with Gasteiger partial charge < -0.3 is 24.4 Å². The summed E-state index contributed by atoms with van der Waals surface area (Å²) in [5.41, 5.74) is 1.36. The molecule has 3 rings (SSSR count). The predicted molar refractivity (Wildman–Crippen MR) is 122 cm³/mol. The molecule has 1 aromatic heterocycles. The van der Waals surface area contributed by atoms with E-state index in [1.165, 1.54) is 6.08 Å². The van der Waals surface area contributed by atoms with Crippen LogP contribution in [0.4, 0.5) is 5.82 Å². The Labute approximate surface area is 188 Å². The maximum absolute atomic E-state index is 12.3. The Balaban J connectivity index is 1.52. The Kier molecular flexibility index (Phi) is 7.92. The van der Waals surface area contributed by atoms with Gasteiger partial charge in [-0.3, -0.25) is 4.79 Å². The number of ether oxygens (including phenoxy) is 3. The SMILES string of the molecule is COc1cc(/C=C/C(=O)NCC2CCN(c3ncccc3C#N)CC2)cc(OC)c1OC. The zero-order valence-corrected chi connectivity index (χ0v) is 18.6. The van der Waals surface area contributed by atoms with E-state index >= 15 is 0 Å². The lowest BCUT2D eigenvalue weighted by molar-refractivity contribution is -0.116. The molecule has 0 atom stereocenters. The third-order valence-electron chi connectivity index (χ3n) is 5.50. The van der Waals surface area contributed by atoms with Gasteiger partial charge in [-0.15, -0.1) is 0 Å². The van der Waals surface area contributed by atoms with Crippen LogP contribution in [-0.4, -0.2) is 51.9 Å². The monoisotopic (exact) mass is 436 g/mol. The Hall–Kier alpha value is -3.73. The fraction of sp³-hybridized carbons (Fsp3) is 0.375. The van der Waals surface area contributed by atoms with E-state index < -0.39 is 0 Å². The van der Waals surface area contributed by atoms with Crippen molar-refractivity contribution in [3.8, 4) is 23.3 Å². The van der Waals surface area contributed by atoms with Gasteiger partial charge in [-0.25, -0.2) is 4.98 Å². The van der Waals surface area contributed by atoms with Gasteiger partial charge in [0.2, 0.25) is 11.7 Å². The highest BCUT2D eigenvalue weighted by molar-refractivity contribution is 5.91. The van der Waals surface area contributed by atoms with Crippen LogP contribution in [0.25, 0.3) is 6.08 Å². The maximum Gasteiger partial charge on any atom is 0.244 e. The number of aromatic nitrogens is 1. The average Bonchev–Trinajstić information content (AvgIpc) is 2.85. The smallest absolute Gasteiger partial charge is 0.244 e. The van der Waals surface area contributed by atoms with Gasteiger partial charge in [0.15, 0.2) is 11.5 Å². The lowest BCUT2D eigenvalue weighted by Crippen LogP contribution is -2.39. The van der Waals surface area contributed by atoms with Crippen molar-refractivity contribution in [2.45, 2.75) is 12.8 Å². The number of hydrogen-bond donors (Lipinski definition) is 1. The number of benzene rings is 1. The molecule has 8 nitrogen and oxygen atoms in total. The van der Waals surface area contributed by atoms with Crippen LogP contribution in [-0.2, 0) is 4.79 Å². The van der Waals surface area contributed by atoms with Gasteiger partial charge in [0.1, 0.15) is 11.9 Å². The number of piperidine rings is 1. The van der Waals surface area contributed by atoms with Crippen molar-refractivity contribution in [1.29, 1.82) is 5.26 Å². The molecular weight excluding hydrogens is 408 g/mol. The number of pyridine rings is 1. The molecule has 1 amide bonds. The number of anilines is 1. The number of carbonyl (C=O) groups is 1. The second-order valence-electron chi connectivity index (χ2n) is 7.45. The molecule has 1 saturated heterocycles. The molecule has 0 saturated carbocycles. The third kappa shape index (κ3) is 5.49. The highest BCUT2D eigenvalue weighted by Gasteiger charge is 2.22. The summed E-state index contributed by atoms with van der Waals surface area (Å²) in [5.74, 6) is 2.55. The van der Waals surface area contributed by atoms with E-state index in [0.29, 0.717) is 35.3 Å². The standard InChI is InChI=1S/C24H28N4O4/c1-30-20-13-18(14-21(31-2)23(20)32-3)6-7-22(29)27-16-17-8-11-28(12-9-17)24-19(15-25)5-4-10-26-24/h4-7,10,13-14,17H,8-9,11-12,16H2,1-3H3,(H,27,29)/b7-6+. The first-order chi connectivity index (χ1) is 15.6. The molecule has 1 N–H and O–H groups in total. The molecule has 8 heteroatoms. The number of hydrogen-bond acceptors (Lipinski definition) is 7. The normalized spacial score (nSPS) is 14.1. The van der Waals surface area contributed by atoms with Crippen molar-refractivity contribution in [3.63, 3.8) is 0 Å². The van der Waals surface area contributed by atoms with Gasteiger partial charge in [0, 0.05) is 31.9 Å². The molecule has 1 aliphatic rings. The third-order valence-corrected chi connectivity index (χ3v) is 5.50. The van der Waals surface area contributed by atoms with Crippen molar-refractivity contribution in [2.24, 2.45) is 5.92 Å². The quantitative estimate of drug-likeness (QED) is 0.635. The fourth-order valence-electron chi connectivity index (χ4n) is 3.76. The number of rotatable bonds is 8. The second-order valence-corrected chi connectivity index (χ2v) is 7.45. The van der Waals surface area contributed by atoms with Gasteiger partial charge in [0.25, 0.3) is 0 Å². The molecular formula is C24H28N4O4. The van der Waals surface area contributed by atoms with Crippen LogP contribution in [0.15, 0.2) is 36.5 Å². The summed E-state index contributed by atoms with van der Waals surface area (Å²) in [7, 11) is 4.65. The van der Waals surface area contributed by atoms with Gasteiger partial charge in [-0.2, -0.15) is 5.26 Å². The molecule has 2 heterocycles. The molecule has 0 spiro atoms. The van der Waals surface area contributed by atoms with Crippen LogP contribution in [0.5, 0.6) is 17.2 Å². The van der Waals surface area contributed by atoms with E-state index in [9.17, 15) is 10.1 Å². The fourth-order valence-corrected chi connectivity index (χ4v) is 3.76. The lowest BCUT2D eigenvalue weighted by Gasteiger charge is -2.33. The van der Waals surface area contributed by atoms with Gasteiger partial charge in [0.05, 0.1) is 26.9 Å². The zero-order chi connectivity index (χ0) is 22.9. The summed E-state index contributed by atoms with van der Waals surface area (Å²) < 4.78 is 16.0. The van der Waals surface area contributed by atoms with Crippen LogP contribution in [0.2, 0.25) is 0 Å². The van der Waals surface area contributed by atoms with Gasteiger partial charge in [-0.05, 0) is 54.7 Å². The van der Waals surface area contributed by atoms with E-state index in [2.05, 4.69) is 21.3 Å². The van der Waals surface area contributed by atoms with E-state index in [1.54, 1.807) is 57.9 Å². The predicted octanol–water partition coefficient (Wildman–Crippen LogP) is 3.03. The van der Waals surface area contributed by atoms with Crippen LogP contribution >= 0.6 is 0 Å². The minimum Gasteiger partial charge on any atom is -0.493 e. The first kappa shape index (κ1) is 22.9. The van der Waals surface area contributed by atoms with Crippen LogP contribution < -0.4 is 24.4 Å². The Morgan fingerprint density at radius 3 is 2.50 bits per heavy atom. The van der Waals surface area contributed by atoms with Crippen LogP contribution in [0.1, 0.15) is 24.0 Å². The number of methoxy groups -OCH3 is 3. The zero-order valence-electron chi connectivity index (χ0n) is 18.6. The Bertz CT molecular complexity index is 982. The van der Waals surface area contributed by atoms with E-state index in [1.807, 2.05) is 0 Å². The average molecular weight is 437 g/mol. The molecule has 0 radical (unpaired) electrons. The second kappa shape index (κ2) is 11.0. The van der Waals surface area contributed by atoms with Crippen molar-refractivity contribution < 1.29 is 19.0 Å². The first-order valence-corrected chi connectivity index (χ1v) is 10.5. The van der Waals surface area contributed by atoms with Gasteiger partial charge >= 0.3 is 0 Å². The summed E-state index contributed by atoms with van der Waals surface area (Å²) in [6, 6.07) is 9.33. The summed E-state index contributed by atoms with van der Waals surface area (Å²) in [6.07, 6.45) is 6.79.